The normalized spacial score (nSPS) is 11.0. The van der Waals surface area contributed by atoms with E-state index in [1.165, 1.54) is 38.9 Å². The summed E-state index contributed by atoms with van der Waals surface area (Å²) in [7, 11) is 8.94. The first-order valence-corrected chi connectivity index (χ1v) is 38.2. The van der Waals surface area contributed by atoms with Gasteiger partial charge in [-0.2, -0.15) is 18.2 Å². The Morgan fingerprint density at radius 1 is 0.447 bits per heavy atom. The number of hydrogen-bond donors (Lipinski definition) is 2. The van der Waals surface area contributed by atoms with Gasteiger partial charge in [0.1, 0.15) is 12.7 Å². The quantitative estimate of drug-likeness (QED) is 0.0670. The van der Waals surface area contributed by atoms with Crippen molar-refractivity contribution < 1.29 is 18.7 Å². The van der Waals surface area contributed by atoms with Crippen LogP contribution in [0.3, 0.4) is 0 Å². The van der Waals surface area contributed by atoms with Crippen LogP contribution in [-0.2, 0) is 12.0 Å². The van der Waals surface area contributed by atoms with Gasteiger partial charge in [0.15, 0.2) is 11.6 Å². The van der Waals surface area contributed by atoms with Crippen LogP contribution in [-0.4, -0.2) is 82.1 Å². The molecule has 14 nitrogen and oxygen atoms in total. The van der Waals surface area contributed by atoms with Crippen molar-refractivity contribution in [2.24, 2.45) is 0 Å². The Labute approximate surface area is 675 Å². The van der Waals surface area contributed by atoms with Crippen molar-refractivity contribution >= 4 is 83.7 Å². The van der Waals surface area contributed by atoms with Crippen molar-refractivity contribution in [1.82, 2.24) is 45.1 Å². The summed E-state index contributed by atoms with van der Waals surface area (Å²) in [5.41, 5.74) is 20.0. The van der Waals surface area contributed by atoms with Crippen LogP contribution in [0.15, 0.2) is 336 Å². The van der Waals surface area contributed by atoms with Gasteiger partial charge < -0.3 is 18.7 Å². The molecular weight excluding hydrogens is 1440 g/mol. The SMILES string of the molecule is CC(C)(C)c1ccc(-c2nnc(-c3ccc(-c4ccccc4)cc3)n2-c2ccccc2)cc1.COc1cccc(-c2nnc(-c3cccc(CO)c3)o2)c1.C[B]P.Cc1cc(-c2ccccc2)c2ccc3c(-c4ccccc4)cc(C)nc3c2n1.[2H]B=N.[2H]P[B].c1ccc2c(-c3nnc(-c4cccc5ccccc45)o3)cccc2c1. The summed E-state index contributed by atoms with van der Waals surface area (Å²) < 4.78 is 30.8. The molecule has 0 bridgehead atoms. The summed E-state index contributed by atoms with van der Waals surface area (Å²) in [5, 5.41) is 47.7. The Morgan fingerprint density at radius 3 is 1.28 bits per heavy atom. The molecular formula is C95H84B3N10O4P2. The summed E-state index contributed by atoms with van der Waals surface area (Å²) >= 11 is 0. The van der Waals surface area contributed by atoms with Crippen LogP contribution < -0.4 is 4.74 Å². The van der Waals surface area contributed by atoms with Gasteiger partial charge in [0.25, 0.3) is 0 Å². The Morgan fingerprint density at radius 2 is 0.816 bits per heavy atom. The smallest absolute Gasteiger partial charge is 0.248 e. The van der Waals surface area contributed by atoms with E-state index in [1.807, 2.05) is 147 Å². The average molecular weight is 1530 g/mol. The molecule has 5 aromatic heterocycles. The molecule has 18 rings (SSSR count). The van der Waals surface area contributed by atoms with Gasteiger partial charge in [-0.25, -0.2) is 0 Å². The van der Waals surface area contributed by atoms with Gasteiger partial charge in [0.2, 0.25) is 23.6 Å². The van der Waals surface area contributed by atoms with E-state index in [0.29, 0.717) is 31.2 Å². The first-order valence-electron chi connectivity index (χ1n) is 38.1. The molecule has 2 atom stereocenters. The number of nitrogens with zero attached hydrogens (tertiary/aromatic N) is 9. The van der Waals surface area contributed by atoms with E-state index in [2.05, 4.69) is 281 Å². The van der Waals surface area contributed by atoms with Crippen molar-refractivity contribution in [2.75, 3.05) is 7.11 Å². The number of aryl methyl sites for hydroxylation is 2. The van der Waals surface area contributed by atoms with Crippen molar-refractivity contribution in [2.45, 2.75) is 53.5 Å². The third-order valence-electron chi connectivity index (χ3n) is 18.7. The fourth-order valence-electron chi connectivity index (χ4n) is 13.3. The third kappa shape index (κ3) is 19.2. The van der Waals surface area contributed by atoms with Crippen molar-refractivity contribution in [3.63, 3.8) is 0 Å². The van der Waals surface area contributed by atoms with E-state index in [-0.39, 0.29) is 21.1 Å². The standard InChI is InChI=1S/C30H27N3.C26H20N2.C22H14N2O.C16H14N2O3.CH5BP.BH2N.BH2P/c1-30(2,3)26-20-18-25(19-21-26)29-32-31-28(33(29)27-12-8-5-9-13-27)24-16-14-23(15-17-24)22-10-6-4-7-11-22;1-17-15-23(19-9-5-3-6-10-19)21-13-14-22-24(20-11-7-4-8-12-20)16-18(2)28-26(22)25(21)27-17;1-3-11-17-15(7-1)9-5-13-19(17)21-23-24-22(25-21)20-14-6-10-16-8-2-4-12-18(16)20;1-20-14-7-3-6-13(9-14)16-18-17-15(21-16)12-5-2-4-11(8-12)10-19;1-2-3;2*1-2/h4-21H,1-3H3;3-16H,1-2H3;1-14H;2-9,19H,10H2,1H3;3H2,1H3;1-2H;2H2/i;;;;;1D;2D. The number of ether oxygens (including phenoxy) is 1. The van der Waals surface area contributed by atoms with Crippen LogP contribution >= 0.6 is 18.2 Å². The van der Waals surface area contributed by atoms with Crippen LogP contribution in [0.4, 0.5) is 0 Å². The number of hydrogen-bond acceptors (Lipinski definition) is 13. The molecule has 2 N–H and O–H groups in total. The minimum Gasteiger partial charge on any atom is -0.416 e. The zero-order valence-electron chi connectivity index (χ0n) is 66.4. The molecule has 5 heterocycles. The van der Waals surface area contributed by atoms with Crippen LogP contribution in [0, 0.1) is 19.2 Å². The Kier molecular flexibility index (Phi) is 26.6. The molecule has 0 amide bonds. The Balaban J connectivity index is 0.000000139. The predicted octanol–water partition coefficient (Wildman–Crippen LogP) is 23.0. The fourth-order valence-corrected chi connectivity index (χ4v) is 13.3. The maximum atomic E-state index is 9.17. The van der Waals surface area contributed by atoms with E-state index in [1.54, 1.807) is 7.11 Å². The summed E-state index contributed by atoms with van der Waals surface area (Å²) in [6.45, 7) is 14.6. The molecule has 0 saturated heterocycles. The van der Waals surface area contributed by atoms with Crippen LogP contribution in [0.5, 0.6) is 5.75 Å². The number of benzene rings is 13. The van der Waals surface area contributed by atoms with E-state index in [4.69, 9.17) is 36.6 Å². The monoisotopic (exact) mass is 1530 g/mol. The number of methoxy groups -OCH3 is 1. The number of fused-ring (bicyclic) bond motifs is 5. The minimum absolute atomic E-state index is 0.0231. The predicted molar refractivity (Wildman–Crippen MR) is 478 cm³/mol. The van der Waals surface area contributed by atoms with Gasteiger partial charge >= 0.3 is 14.3 Å². The molecule has 0 spiro atoms. The minimum atomic E-state index is -0.167. The number of aromatic nitrogens is 9. The van der Waals surface area contributed by atoms with Crippen LogP contribution in [0.25, 0.3) is 151 Å². The second-order valence-electron chi connectivity index (χ2n) is 27.3. The maximum Gasteiger partial charge on any atom is 0.248 e. The molecule has 114 heavy (non-hydrogen) atoms. The summed E-state index contributed by atoms with van der Waals surface area (Å²) in [6, 6.07) is 111. The molecule has 0 saturated carbocycles. The summed E-state index contributed by atoms with van der Waals surface area (Å²) in [4.78, 5) is 9.81. The molecule has 2 unspecified atom stereocenters. The number of aliphatic hydroxyl groups excluding tert-OH is 1. The Bertz CT molecular complexity index is 5970. The largest absolute Gasteiger partial charge is 0.416 e. The average Bonchev–Trinajstić information content (AvgIpc) is 1.03. The van der Waals surface area contributed by atoms with E-state index >= 15 is 0 Å². The van der Waals surface area contributed by atoms with Gasteiger partial charge in [-0.1, -0.05) is 288 Å². The zero-order chi connectivity index (χ0) is 81.3. The van der Waals surface area contributed by atoms with Crippen molar-refractivity contribution in [1.29, 1.82) is 7.93 Å². The molecule has 19 heteroatoms. The molecule has 18 aromatic rings. The number of nitrogens with one attached hydrogen (secondary N) is 1. The molecule has 3 radical (unpaired) electrons. The molecule has 0 fully saturated rings. The molecule has 0 aliphatic rings. The molecule has 0 aliphatic carbocycles. The fraction of sp³-hybridized carbons (Fsp3) is 0.0947. The first-order chi connectivity index (χ1) is 56.6. The maximum absolute atomic E-state index is 9.17. The third-order valence-corrected chi connectivity index (χ3v) is 18.7. The van der Waals surface area contributed by atoms with Crippen LogP contribution in [0.2, 0.25) is 6.82 Å². The van der Waals surface area contributed by atoms with Crippen LogP contribution in [0.1, 0.15) is 43.3 Å². The number of pyridine rings is 2. The molecule has 0 aliphatic heterocycles. The van der Waals surface area contributed by atoms with Gasteiger partial charge in [0, 0.05) is 62.5 Å². The number of para-hydroxylation sites is 1. The topological polar surface area (TPSA) is 188 Å². The second-order valence-corrected chi connectivity index (χ2v) is 28.0. The van der Waals surface area contributed by atoms with Gasteiger partial charge in [0.05, 0.1) is 32.3 Å². The van der Waals surface area contributed by atoms with Crippen molar-refractivity contribution in [3.05, 3.63) is 350 Å². The van der Waals surface area contributed by atoms with Gasteiger partial charge in [-0.05, 0) is 152 Å². The zero-order valence-corrected chi connectivity index (χ0v) is 66.5. The van der Waals surface area contributed by atoms with Crippen molar-refractivity contribution in [3.8, 4) is 113 Å². The van der Waals surface area contributed by atoms with E-state index < -0.39 is 0 Å². The van der Waals surface area contributed by atoms with E-state index in [9.17, 15) is 0 Å². The molecule has 557 valence electrons. The number of aliphatic hydroxyl groups is 1. The van der Waals surface area contributed by atoms with E-state index in [0.717, 1.165) is 117 Å². The van der Waals surface area contributed by atoms with Gasteiger partial charge in [-0.15, -0.1) is 30.6 Å². The Hall–Kier alpha value is -12.8. The van der Waals surface area contributed by atoms with Gasteiger partial charge in [-0.3, -0.25) is 14.5 Å². The molecule has 13 aromatic carbocycles. The summed E-state index contributed by atoms with van der Waals surface area (Å²) in [6.07, 6.45) is 0. The summed E-state index contributed by atoms with van der Waals surface area (Å²) in [5.74, 6) is 4.33. The first kappa shape index (κ1) is 77.9. The second kappa shape index (κ2) is 38.9. The number of rotatable bonds is 12.